The minimum absolute atomic E-state index is 0.0767. The monoisotopic (exact) mass is 412 g/mol. The van der Waals surface area contributed by atoms with Gasteiger partial charge in [-0.3, -0.25) is 10.1 Å². The van der Waals surface area contributed by atoms with Crippen LogP contribution in [-0.4, -0.2) is 4.92 Å². The smallest absolute Gasteiger partial charge is 0.269 e. The molecule has 5 nitrogen and oxygen atoms in total. The number of halogens is 1. The summed E-state index contributed by atoms with van der Waals surface area (Å²) >= 11 is 3.42. The van der Waals surface area contributed by atoms with Crippen LogP contribution in [0.3, 0.4) is 0 Å². The first-order valence-electron chi connectivity index (χ1n) is 8.05. The van der Waals surface area contributed by atoms with E-state index in [4.69, 9.17) is 4.74 Å². The number of para-hydroxylation sites is 1. The van der Waals surface area contributed by atoms with Gasteiger partial charge in [-0.2, -0.15) is 0 Å². The Morgan fingerprint density at radius 3 is 2.35 bits per heavy atom. The van der Waals surface area contributed by atoms with Crippen LogP contribution in [-0.2, 0) is 13.2 Å². The van der Waals surface area contributed by atoms with Crippen LogP contribution in [0, 0.1) is 10.1 Å². The third-order valence-electron chi connectivity index (χ3n) is 3.84. The second-order valence-electron chi connectivity index (χ2n) is 5.68. The maximum absolute atomic E-state index is 10.7. The number of rotatable bonds is 7. The number of nitro benzene ring substituents is 1. The molecule has 0 aliphatic heterocycles. The summed E-state index contributed by atoms with van der Waals surface area (Å²) in [5, 5.41) is 14.1. The molecule has 0 unspecified atom stereocenters. The van der Waals surface area contributed by atoms with Crippen molar-refractivity contribution in [2.24, 2.45) is 0 Å². The molecule has 0 radical (unpaired) electrons. The summed E-state index contributed by atoms with van der Waals surface area (Å²) in [7, 11) is 0. The summed E-state index contributed by atoms with van der Waals surface area (Å²) in [4.78, 5) is 10.3. The van der Waals surface area contributed by atoms with E-state index in [2.05, 4.69) is 21.2 Å². The molecule has 0 aliphatic carbocycles. The Hall–Kier alpha value is -2.86. The second kappa shape index (κ2) is 8.49. The predicted molar refractivity (Wildman–Crippen MR) is 105 cm³/mol. The number of hydrogen-bond donors (Lipinski definition) is 1. The van der Waals surface area contributed by atoms with E-state index in [1.54, 1.807) is 12.1 Å². The molecule has 0 spiro atoms. The zero-order chi connectivity index (χ0) is 18.4. The fraction of sp³-hybridized carbons (Fsp3) is 0.100. The van der Waals surface area contributed by atoms with Crippen molar-refractivity contribution in [3.8, 4) is 5.75 Å². The lowest BCUT2D eigenvalue weighted by atomic mass is 10.2. The van der Waals surface area contributed by atoms with Crippen LogP contribution in [0.1, 0.15) is 11.1 Å². The number of anilines is 1. The third-order valence-corrected chi connectivity index (χ3v) is 4.37. The van der Waals surface area contributed by atoms with E-state index in [9.17, 15) is 10.1 Å². The largest absolute Gasteiger partial charge is 0.489 e. The number of hydrogen-bond acceptors (Lipinski definition) is 4. The summed E-state index contributed by atoms with van der Waals surface area (Å²) in [6, 6.07) is 22.2. The number of non-ortho nitro benzene ring substituents is 1. The molecule has 0 heterocycles. The van der Waals surface area contributed by atoms with Gasteiger partial charge in [0.2, 0.25) is 0 Å². The SMILES string of the molecule is O=[N+]([O-])c1ccc(COc2ccccc2CNc2ccc(Br)cc2)cc1. The summed E-state index contributed by atoms with van der Waals surface area (Å²) in [5.41, 5.74) is 3.02. The van der Waals surface area contributed by atoms with Crippen LogP contribution < -0.4 is 10.1 Å². The minimum Gasteiger partial charge on any atom is -0.489 e. The second-order valence-corrected chi connectivity index (χ2v) is 6.60. The van der Waals surface area contributed by atoms with Crippen molar-refractivity contribution in [1.29, 1.82) is 0 Å². The first-order chi connectivity index (χ1) is 12.6. The van der Waals surface area contributed by atoms with Crippen molar-refractivity contribution < 1.29 is 9.66 Å². The first-order valence-corrected chi connectivity index (χ1v) is 8.84. The number of nitrogens with one attached hydrogen (secondary N) is 1. The Labute approximate surface area is 159 Å². The van der Waals surface area contributed by atoms with Gasteiger partial charge in [-0.15, -0.1) is 0 Å². The summed E-state index contributed by atoms with van der Waals surface area (Å²) in [6.07, 6.45) is 0. The Morgan fingerprint density at radius 2 is 1.65 bits per heavy atom. The maximum atomic E-state index is 10.7. The van der Waals surface area contributed by atoms with Crippen molar-refractivity contribution in [3.63, 3.8) is 0 Å². The van der Waals surface area contributed by atoms with Gasteiger partial charge >= 0.3 is 0 Å². The third kappa shape index (κ3) is 4.83. The van der Waals surface area contributed by atoms with Crippen LogP contribution in [0.15, 0.2) is 77.3 Å². The molecule has 0 atom stereocenters. The number of ether oxygens (including phenoxy) is 1. The van der Waals surface area contributed by atoms with Crippen LogP contribution in [0.5, 0.6) is 5.75 Å². The fourth-order valence-corrected chi connectivity index (χ4v) is 2.70. The highest BCUT2D eigenvalue weighted by Gasteiger charge is 2.06. The summed E-state index contributed by atoms with van der Waals surface area (Å²) < 4.78 is 6.95. The maximum Gasteiger partial charge on any atom is 0.269 e. The van der Waals surface area contributed by atoms with E-state index < -0.39 is 4.92 Å². The quantitative estimate of drug-likeness (QED) is 0.408. The molecule has 3 aromatic carbocycles. The molecule has 3 aromatic rings. The van der Waals surface area contributed by atoms with Gasteiger partial charge in [0.25, 0.3) is 5.69 Å². The highest BCUT2D eigenvalue weighted by Crippen LogP contribution is 2.22. The molecule has 0 aliphatic rings. The molecule has 3 rings (SSSR count). The zero-order valence-corrected chi connectivity index (χ0v) is 15.5. The minimum atomic E-state index is -0.409. The van der Waals surface area contributed by atoms with Crippen LogP contribution in [0.25, 0.3) is 0 Å². The summed E-state index contributed by atoms with van der Waals surface area (Å²) in [6.45, 7) is 0.991. The number of nitrogens with zero attached hydrogens (tertiary/aromatic N) is 1. The van der Waals surface area contributed by atoms with Crippen molar-refractivity contribution in [3.05, 3.63) is 98.5 Å². The topological polar surface area (TPSA) is 64.4 Å². The molecular formula is C20H17BrN2O3. The molecule has 26 heavy (non-hydrogen) atoms. The molecule has 0 amide bonds. The van der Waals surface area contributed by atoms with E-state index in [1.165, 1.54) is 12.1 Å². The zero-order valence-electron chi connectivity index (χ0n) is 13.9. The molecule has 132 valence electrons. The lowest BCUT2D eigenvalue weighted by Gasteiger charge is -2.13. The van der Waals surface area contributed by atoms with Gasteiger partial charge in [0.1, 0.15) is 12.4 Å². The molecular weight excluding hydrogens is 396 g/mol. The van der Waals surface area contributed by atoms with Gasteiger partial charge in [0.05, 0.1) is 4.92 Å². The van der Waals surface area contributed by atoms with Gasteiger partial charge in [-0.05, 0) is 48.0 Å². The van der Waals surface area contributed by atoms with Crippen molar-refractivity contribution >= 4 is 27.3 Å². The van der Waals surface area contributed by atoms with E-state index in [-0.39, 0.29) is 5.69 Å². The van der Waals surface area contributed by atoms with Gasteiger partial charge in [0, 0.05) is 34.4 Å². The standard InChI is InChI=1S/C20H17BrN2O3/c21-17-7-9-18(10-8-17)22-13-16-3-1-2-4-20(16)26-14-15-5-11-19(12-6-15)23(24)25/h1-12,22H,13-14H2. The molecule has 0 saturated carbocycles. The highest BCUT2D eigenvalue weighted by molar-refractivity contribution is 9.10. The molecule has 0 fully saturated rings. The van der Waals surface area contributed by atoms with Crippen molar-refractivity contribution in [2.75, 3.05) is 5.32 Å². The molecule has 0 aromatic heterocycles. The van der Waals surface area contributed by atoms with Crippen molar-refractivity contribution in [2.45, 2.75) is 13.2 Å². The van der Waals surface area contributed by atoms with E-state index in [0.717, 1.165) is 27.0 Å². The van der Waals surface area contributed by atoms with Crippen LogP contribution in [0.2, 0.25) is 0 Å². The lowest BCUT2D eigenvalue weighted by Crippen LogP contribution is -2.03. The van der Waals surface area contributed by atoms with Crippen LogP contribution in [0.4, 0.5) is 11.4 Å². The molecule has 6 heteroatoms. The molecule has 1 N–H and O–H groups in total. The average Bonchev–Trinajstić information content (AvgIpc) is 2.67. The molecule has 0 saturated heterocycles. The van der Waals surface area contributed by atoms with Crippen molar-refractivity contribution in [1.82, 2.24) is 0 Å². The van der Waals surface area contributed by atoms with Gasteiger partial charge in [-0.25, -0.2) is 0 Å². The summed E-state index contributed by atoms with van der Waals surface area (Å²) in [5.74, 6) is 0.787. The van der Waals surface area contributed by atoms with E-state index in [0.29, 0.717) is 13.2 Å². The lowest BCUT2D eigenvalue weighted by molar-refractivity contribution is -0.384. The predicted octanol–water partition coefficient (Wildman–Crippen LogP) is 5.55. The average molecular weight is 413 g/mol. The number of nitro groups is 1. The van der Waals surface area contributed by atoms with E-state index >= 15 is 0 Å². The fourth-order valence-electron chi connectivity index (χ4n) is 2.43. The Morgan fingerprint density at radius 1 is 0.962 bits per heavy atom. The number of benzene rings is 3. The normalized spacial score (nSPS) is 10.3. The van der Waals surface area contributed by atoms with Gasteiger partial charge < -0.3 is 10.1 Å². The van der Waals surface area contributed by atoms with Crippen LogP contribution >= 0.6 is 15.9 Å². The highest BCUT2D eigenvalue weighted by atomic mass is 79.9. The Balaban J connectivity index is 1.63. The first kappa shape index (κ1) is 17.9. The van der Waals surface area contributed by atoms with Gasteiger partial charge in [-0.1, -0.05) is 34.1 Å². The van der Waals surface area contributed by atoms with Gasteiger partial charge in [0.15, 0.2) is 0 Å². The van der Waals surface area contributed by atoms with E-state index in [1.807, 2.05) is 48.5 Å². The molecule has 0 bridgehead atoms. The Kier molecular flexibility index (Phi) is 5.86. The Bertz CT molecular complexity index is 880.